The largest absolute Gasteiger partial charge is 0.483 e. The van der Waals surface area contributed by atoms with Crippen LogP contribution in [0.5, 0.6) is 5.75 Å². The molecule has 0 saturated heterocycles. The normalized spacial score (nSPS) is 12.3. The van der Waals surface area contributed by atoms with Gasteiger partial charge in [0, 0.05) is 16.6 Å². The Morgan fingerprint density at radius 2 is 1.63 bits per heavy atom. The monoisotopic (exact) mass is 396 g/mol. The van der Waals surface area contributed by atoms with E-state index in [9.17, 15) is 0 Å². The SMILES string of the molecule is C[C@@H](Oc1ccc(Cl)cc1)c1nc2cc(Cl)ccc2n1Cc1ccccc1. The summed E-state index contributed by atoms with van der Waals surface area (Å²) in [5.41, 5.74) is 3.09. The lowest BCUT2D eigenvalue weighted by molar-refractivity contribution is 0.212. The zero-order valence-corrected chi connectivity index (χ0v) is 16.3. The van der Waals surface area contributed by atoms with E-state index in [1.54, 1.807) is 0 Å². The zero-order chi connectivity index (χ0) is 18.8. The number of halogens is 2. The van der Waals surface area contributed by atoms with Crippen LogP contribution in [-0.2, 0) is 6.54 Å². The molecule has 1 atom stereocenters. The van der Waals surface area contributed by atoms with Gasteiger partial charge in [-0.1, -0.05) is 53.5 Å². The summed E-state index contributed by atoms with van der Waals surface area (Å²) in [4.78, 5) is 4.81. The van der Waals surface area contributed by atoms with Crippen LogP contribution >= 0.6 is 23.2 Å². The first-order chi connectivity index (χ1) is 13.1. The van der Waals surface area contributed by atoms with Crippen molar-refractivity contribution in [2.45, 2.75) is 19.6 Å². The van der Waals surface area contributed by atoms with Crippen LogP contribution in [0.15, 0.2) is 72.8 Å². The standard InChI is InChI=1S/C22H18Cl2N2O/c1-15(27-19-10-7-17(23)8-11-19)22-25-20-13-18(24)9-12-21(20)26(22)14-16-5-3-2-4-6-16/h2-13,15H,14H2,1H3/t15-/m1/s1. The molecule has 0 fully saturated rings. The Morgan fingerprint density at radius 3 is 2.37 bits per heavy atom. The maximum atomic E-state index is 6.17. The van der Waals surface area contributed by atoms with E-state index < -0.39 is 0 Å². The van der Waals surface area contributed by atoms with Crippen LogP contribution in [0.3, 0.4) is 0 Å². The van der Waals surface area contributed by atoms with Gasteiger partial charge in [0.15, 0.2) is 11.9 Å². The highest BCUT2D eigenvalue weighted by Crippen LogP contribution is 2.28. The van der Waals surface area contributed by atoms with Crippen LogP contribution in [-0.4, -0.2) is 9.55 Å². The molecule has 0 bridgehead atoms. The molecule has 0 N–H and O–H groups in total. The van der Waals surface area contributed by atoms with Crippen molar-refractivity contribution in [3.63, 3.8) is 0 Å². The van der Waals surface area contributed by atoms with Crippen molar-refractivity contribution in [1.82, 2.24) is 9.55 Å². The summed E-state index contributed by atoms with van der Waals surface area (Å²) >= 11 is 12.1. The van der Waals surface area contributed by atoms with Crippen molar-refractivity contribution in [3.05, 3.63) is 94.2 Å². The van der Waals surface area contributed by atoms with Gasteiger partial charge < -0.3 is 9.30 Å². The summed E-state index contributed by atoms with van der Waals surface area (Å²) in [6.45, 7) is 2.71. The predicted octanol–water partition coefficient (Wildman–Crippen LogP) is 6.53. The van der Waals surface area contributed by atoms with E-state index in [1.165, 1.54) is 5.56 Å². The van der Waals surface area contributed by atoms with Crippen molar-refractivity contribution in [1.29, 1.82) is 0 Å². The topological polar surface area (TPSA) is 27.1 Å². The molecule has 0 saturated carbocycles. The van der Waals surface area contributed by atoms with E-state index in [1.807, 2.05) is 67.6 Å². The molecule has 4 aromatic rings. The van der Waals surface area contributed by atoms with Crippen molar-refractivity contribution in [2.24, 2.45) is 0 Å². The molecule has 3 nitrogen and oxygen atoms in total. The minimum Gasteiger partial charge on any atom is -0.483 e. The Hall–Kier alpha value is -2.49. The van der Waals surface area contributed by atoms with E-state index in [0.29, 0.717) is 16.6 Å². The average Bonchev–Trinajstić information content (AvgIpc) is 3.02. The third-order valence-corrected chi connectivity index (χ3v) is 4.90. The Bertz CT molecular complexity index is 1060. The second-order valence-electron chi connectivity index (χ2n) is 6.39. The Balaban J connectivity index is 1.73. The second kappa shape index (κ2) is 7.63. The van der Waals surface area contributed by atoms with Gasteiger partial charge in [0.25, 0.3) is 0 Å². The number of nitrogens with zero attached hydrogens (tertiary/aromatic N) is 2. The van der Waals surface area contributed by atoms with Gasteiger partial charge in [0.2, 0.25) is 0 Å². The van der Waals surface area contributed by atoms with Crippen LogP contribution in [0.1, 0.15) is 24.4 Å². The van der Waals surface area contributed by atoms with Gasteiger partial charge >= 0.3 is 0 Å². The third-order valence-electron chi connectivity index (χ3n) is 4.41. The molecule has 4 rings (SSSR count). The highest BCUT2D eigenvalue weighted by atomic mass is 35.5. The highest BCUT2D eigenvalue weighted by molar-refractivity contribution is 6.31. The summed E-state index contributed by atoms with van der Waals surface area (Å²) in [6, 6.07) is 23.4. The van der Waals surface area contributed by atoms with Crippen LogP contribution < -0.4 is 4.74 Å². The minimum atomic E-state index is -0.235. The number of rotatable bonds is 5. The molecule has 0 radical (unpaired) electrons. The van der Waals surface area contributed by atoms with Crippen LogP contribution in [0.2, 0.25) is 10.0 Å². The third kappa shape index (κ3) is 3.95. The Labute approximate surface area is 168 Å². The van der Waals surface area contributed by atoms with Gasteiger partial charge in [0.1, 0.15) is 5.75 Å². The number of hydrogen-bond donors (Lipinski definition) is 0. The first-order valence-electron chi connectivity index (χ1n) is 8.72. The molecule has 3 aromatic carbocycles. The number of ether oxygens (including phenoxy) is 1. The van der Waals surface area contributed by atoms with Crippen molar-refractivity contribution in [3.8, 4) is 5.75 Å². The fourth-order valence-electron chi connectivity index (χ4n) is 3.13. The van der Waals surface area contributed by atoms with Gasteiger partial charge in [-0.15, -0.1) is 0 Å². The molecule has 0 spiro atoms. The van der Waals surface area contributed by atoms with E-state index >= 15 is 0 Å². The molecule has 0 aliphatic heterocycles. The van der Waals surface area contributed by atoms with E-state index in [-0.39, 0.29) is 6.10 Å². The van der Waals surface area contributed by atoms with Gasteiger partial charge in [0.05, 0.1) is 11.0 Å². The Morgan fingerprint density at radius 1 is 0.926 bits per heavy atom. The molecule has 1 heterocycles. The van der Waals surface area contributed by atoms with Crippen LogP contribution in [0.25, 0.3) is 11.0 Å². The fourth-order valence-corrected chi connectivity index (χ4v) is 3.43. The number of fused-ring (bicyclic) bond motifs is 1. The fraction of sp³-hybridized carbons (Fsp3) is 0.136. The Kier molecular flexibility index (Phi) is 5.06. The number of aromatic nitrogens is 2. The molecule has 0 amide bonds. The molecular weight excluding hydrogens is 379 g/mol. The summed E-state index contributed by atoms with van der Waals surface area (Å²) in [5.74, 6) is 1.61. The van der Waals surface area contributed by atoms with Gasteiger partial charge in [-0.05, 0) is 55.0 Å². The summed E-state index contributed by atoms with van der Waals surface area (Å²) in [7, 11) is 0. The lowest BCUT2D eigenvalue weighted by Crippen LogP contribution is -2.12. The molecule has 0 aliphatic rings. The first kappa shape index (κ1) is 17.9. The first-order valence-corrected chi connectivity index (χ1v) is 9.47. The lowest BCUT2D eigenvalue weighted by Gasteiger charge is -2.17. The summed E-state index contributed by atoms with van der Waals surface area (Å²) < 4.78 is 8.30. The smallest absolute Gasteiger partial charge is 0.153 e. The highest BCUT2D eigenvalue weighted by Gasteiger charge is 2.19. The van der Waals surface area contributed by atoms with E-state index in [4.69, 9.17) is 32.9 Å². The maximum absolute atomic E-state index is 6.17. The van der Waals surface area contributed by atoms with Gasteiger partial charge in [-0.3, -0.25) is 0 Å². The van der Waals surface area contributed by atoms with Crippen LogP contribution in [0, 0.1) is 0 Å². The van der Waals surface area contributed by atoms with Crippen LogP contribution in [0.4, 0.5) is 0 Å². The van der Waals surface area contributed by atoms with Crippen molar-refractivity contribution >= 4 is 34.2 Å². The van der Waals surface area contributed by atoms with E-state index in [0.717, 1.165) is 22.6 Å². The van der Waals surface area contributed by atoms with Gasteiger partial charge in [-0.25, -0.2) is 4.98 Å². The molecular formula is C22H18Cl2N2O. The van der Waals surface area contributed by atoms with Crippen molar-refractivity contribution in [2.75, 3.05) is 0 Å². The molecule has 136 valence electrons. The molecule has 5 heteroatoms. The zero-order valence-electron chi connectivity index (χ0n) is 14.8. The van der Waals surface area contributed by atoms with Gasteiger partial charge in [-0.2, -0.15) is 0 Å². The number of benzene rings is 3. The van der Waals surface area contributed by atoms with E-state index in [2.05, 4.69) is 16.7 Å². The quantitative estimate of drug-likeness (QED) is 0.383. The predicted molar refractivity (Wildman–Crippen MR) is 111 cm³/mol. The molecule has 0 aliphatic carbocycles. The van der Waals surface area contributed by atoms with Crippen molar-refractivity contribution < 1.29 is 4.74 Å². The molecule has 27 heavy (non-hydrogen) atoms. The minimum absolute atomic E-state index is 0.235. The molecule has 1 aromatic heterocycles. The number of imidazole rings is 1. The lowest BCUT2D eigenvalue weighted by atomic mass is 10.2. The number of hydrogen-bond acceptors (Lipinski definition) is 2. The summed E-state index contributed by atoms with van der Waals surface area (Å²) in [6.07, 6.45) is -0.235. The average molecular weight is 397 g/mol. The maximum Gasteiger partial charge on any atom is 0.153 e. The second-order valence-corrected chi connectivity index (χ2v) is 7.26. The molecule has 0 unspecified atom stereocenters. The summed E-state index contributed by atoms with van der Waals surface area (Å²) in [5, 5.41) is 1.35.